The zero-order valence-electron chi connectivity index (χ0n) is 12.8. The molecule has 0 amide bonds. The lowest BCUT2D eigenvalue weighted by molar-refractivity contribution is 0.401. The summed E-state index contributed by atoms with van der Waals surface area (Å²) >= 11 is 6.17. The maximum absolute atomic E-state index is 6.17. The van der Waals surface area contributed by atoms with Gasteiger partial charge in [-0.3, -0.25) is 0 Å². The third kappa shape index (κ3) is 4.97. The van der Waals surface area contributed by atoms with Crippen molar-refractivity contribution in [2.24, 2.45) is 0 Å². The average molecular weight is 296 g/mol. The lowest BCUT2D eigenvalue weighted by atomic mass is 10.1. The Morgan fingerprint density at radius 1 is 1.20 bits per heavy atom. The fraction of sp³-hybridized carbons (Fsp3) is 0.625. The lowest BCUT2D eigenvalue weighted by Gasteiger charge is -2.24. The summed E-state index contributed by atoms with van der Waals surface area (Å²) in [5.74, 6) is 0. The number of anilines is 1. The smallest absolute Gasteiger partial charge is 0.0426 e. The molecule has 1 aromatic rings. The van der Waals surface area contributed by atoms with Crippen LogP contribution in [0.15, 0.2) is 18.2 Å². The summed E-state index contributed by atoms with van der Waals surface area (Å²) in [6.45, 7) is 3.10. The van der Waals surface area contributed by atoms with Crippen LogP contribution in [-0.4, -0.2) is 45.2 Å². The van der Waals surface area contributed by atoms with Crippen LogP contribution in [0.25, 0.3) is 0 Å². The highest BCUT2D eigenvalue weighted by Crippen LogP contribution is 2.26. The molecular formula is C16H26ClN3. The van der Waals surface area contributed by atoms with Gasteiger partial charge in [0.05, 0.1) is 0 Å². The molecule has 1 fully saturated rings. The van der Waals surface area contributed by atoms with Crippen molar-refractivity contribution >= 4 is 17.3 Å². The molecule has 2 rings (SSSR count). The molecule has 0 atom stereocenters. The van der Waals surface area contributed by atoms with Crippen molar-refractivity contribution in [1.29, 1.82) is 0 Å². The van der Waals surface area contributed by atoms with Gasteiger partial charge in [-0.2, -0.15) is 0 Å². The number of rotatable bonds is 8. The molecular weight excluding hydrogens is 270 g/mol. The monoisotopic (exact) mass is 295 g/mol. The van der Waals surface area contributed by atoms with E-state index in [1.165, 1.54) is 24.1 Å². The molecule has 1 saturated carbocycles. The fourth-order valence-corrected chi connectivity index (χ4v) is 2.49. The number of halogens is 1. The minimum Gasteiger partial charge on any atom is -0.374 e. The molecule has 0 radical (unpaired) electrons. The molecule has 4 heteroatoms. The Morgan fingerprint density at radius 3 is 2.60 bits per heavy atom. The van der Waals surface area contributed by atoms with E-state index in [-0.39, 0.29) is 0 Å². The van der Waals surface area contributed by atoms with E-state index in [1.807, 2.05) is 6.07 Å². The van der Waals surface area contributed by atoms with Gasteiger partial charge in [-0.15, -0.1) is 0 Å². The highest BCUT2D eigenvalue weighted by atomic mass is 35.5. The largest absolute Gasteiger partial charge is 0.374 e. The predicted octanol–water partition coefficient (Wildman–Crippen LogP) is 2.98. The van der Waals surface area contributed by atoms with Gasteiger partial charge in [-0.05, 0) is 57.6 Å². The molecule has 1 aliphatic rings. The molecule has 3 nitrogen and oxygen atoms in total. The Hall–Kier alpha value is -0.770. The van der Waals surface area contributed by atoms with Crippen molar-refractivity contribution in [2.75, 3.05) is 39.1 Å². The molecule has 0 unspecified atom stereocenters. The van der Waals surface area contributed by atoms with Gasteiger partial charge in [0, 0.05) is 36.9 Å². The van der Waals surface area contributed by atoms with Crippen molar-refractivity contribution in [3.63, 3.8) is 0 Å². The summed E-state index contributed by atoms with van der Waals surface area (Å²) in [4.78, 5) is 4.54. The van der Waals surface area contributed by atoms with Crippen LogP contribution < -0.4 is 10.2 Å². The first-order valence-corrected chi connectivity index (χ1v) is 7.81. The van der Waals surface area contributed by atoms with Gasteiger partial charge >= 0.3 is 0 Å². The molecule has 1 aliphatic carbocycles. The number of nitrogens with zero attached hydrogens (tertiary/aromatic N) is 2. The first-order valence-electron chi connectivity index (χ1n) is 7.44. The molecule has 0 spiro atoms. The van der Waals surface area contributed by atoms with Gasteiger partial charge in [0.15, 0.2) is 0 Å². The fourth-order valence-electron chi connectivity index (χ4n) is 2.33. The van der Waals surface area contributed by atoms with Crippen molar-refractivity contribution < 1.29 is 0 Å². The third-order valence-corrected chi connectivity index (χ3v) is 3.95. The van der Waals surface area contributed by atoms with E-state index in [0.717, 1.165) is 37.1 Å². The van der Waals surface area contributed by atoms with Crippen LogP contribution in [0, 0.1) is 0 Å². The Balaban J connectivity index is 1.96. The second-order valence-corrected chi connectivity index (χ2v) is 6.44. The van der Waals surface area contributed by atoms with Crippen LogP contribution in [-0.2, 0) is 6.54 Å². The lowest BCUT2D eigenvalue weighted by Crippen LogP contribution is -2.25. The van der Waals surface area contributed by atoms with E-state index in [4.69, 9.17) is 11.6 Å². The minimum atomic E-state index is 0.734. The maximum Gasteiger partial charge on any atom is 0.0426 e. The summed E-state index contributed by atoms with van der Waals surface area (Å²) < 4.78 is 0. The summed E-state index contributed by atoms with van der Waals surface area (Å²) in [5.41, 5.74) is 2.60. The molecule has 112 valence electrons. The molecule has 0 bridgehead atoms. The highest BCUT2D eigenvalue weighted by Gasteiger charge is 2.20. The average Bonchev–Trinajstić information content (AvgIpc) is 3.20. The summed E-state index contributed by atoms with van der Waals surface area (Å²) in [7, 11) is 6.39. The number of hydrogen-bond donors (Lipinski definition) is 1. The van der Waals surface area contributed by atoms with E-state index in [2.05, 4.69) is 48.4 Å². The van der Waals surface area contributed by atoms with Crippen molar-refractivity contribution in [2.45, 2.75) is 31.8 Å². The zero-order chi connectivity index (χ0) is 14.5. The van der Waals surface area contributed by atoms with Gasteiger partial charge < -0.3 is 15.1 Å². The SMILES string of the molecule is CN(C)CCCN(C)c1cc(Cl)ccc1CNC1CC1. The molecule has 1 N–H and O–H groups in total. The summed E-state index contributed by atoms with van der Waals surface area (Å²) in [6, 6.07) is 6.96. The van der Waals surface area contributed by atoms with Crippen LogP contribution in [0.3, 0.4) is 0 Å². The summed E-state index contributed by atoms with van der Waals surface area (Å²) in [5, 5.41) is 4.40. The Bertz CT molecular complexity index is 430. The van der Waals surface area contributed by atoms with Crippen LogP contribution in [0.5, 0.6) is 0 Å². The van der Waals surface area contributed by atoms with Gasteiger partial charge in [-0.1, -0.05) is 17.7 Å². The zero-order valence-corrected chi connectivity index (χ0v) is 13.6. The van der Waals surface area contributed by atoms with Gasteiger partial charge in [0.25, 0.3) is 0 Å². The Labute approximate surface area is 127 Å². The maximum atomic E-state index is 6.17. The Kier molecular flexibility index (Phi) is 5.70. The van der Waals surface area contributed by atoms with E-state index in [0.29, 0.717) is 0 Å². The topological polar surface area (TPSA) is 18.5 Å². The quantitative estimate of drug-likeness (QED) is 0.795. The van der Waals surface area contributed by atoms with Crippen LogP contribution >= 0.6 is 11.6 Å². The molecule has 1 aromatic carbocycles. The van der Waals surface area contributed by atoms with Crippen LogP contribution in [0.4, 0.5) is 5.69 Å². The van der Waals surface area contributed by atoms with Crippen LogP contribution in [0.1, 0.15) is 24.8 Å². The van der Waals surface area contributed by atoms with Crippen molar-refractivity contribution in [3.8, 4) is 0 Å². The second kappa shape index (κ2) is 7.30. The molecule has 20 heavy (non-hydrogen) atoms. The van der Waals surface area contributed by atoms with Gasteiger partial charge in [0.2, 0.25) is 0 Å². The molecule has 0 aliphatic heterocycles. The van der Waals surface area contributed by atoms with Crippen LogP contribution in [0.2, 0.25) is 5.02 Å². The number of hydrogen-bond acceptors (Lipinski definition) is 3. The third-order valence-electron chi connectivity index (χ3n) is 3.72. The Morgan fingerprint density at radius 2 is 1.95 bits per heavy atom. The van der Waals surface area contributed by atoms with Gasteiger partial charge in [0.1, 0.15) is 0 Å². The highest BCUT2D eigenvalue weighted by molar-refractivity contribution is 6.30. The standard InChI is InChI=1S/C16H26ClN3/c1-19(2)9-4-10-20(3)16-11-14(17)6-5-13(16)12-18-15-7-8-15/h5-6,11,15,18H,4,7-10,12H2,1-3H3. The van der Waals surface area contributed by atoms with Crippen molar-refractivity contribution in [3.05, 3.63) is 28.8 Å². The van der Waals surface area contributed by atoms with E-state index >= 15 is 0 Å². The number of benzene rings is 1. The van der Waals surface area contributed by atoms with Crippen molar-refractivity contribution in [1.82, 2.24) is 10.2 Å². The first-order chi connectivity index (χ1) is 9.56. The summed E-state index contributed by atoms with van der Waals surface area (Å²) in [6.07, 6.45) is 3.80. The first kappa shape index (κ1) is 15.6. The predicted molar refractivity (Wildman–Crippen MR) is 87.8 cm³/mol. The normalized spacial score (nSPS) is 14.8. The minimum absolute atomic E-state index is 0.734. The van der Waals surface area contributed by atoms with E-state index < -0.39 is 0 Å². The molecule has 0 saturated heterocycles. The van der Waals surface area contributed by atoms with Gasteiger partial charge in [-0.25, -0.2) is 0 Å². The second-order valence-electron chi connectivity index (χ2n) is 6.01. The van der Waals surface area contributed by atoms with E-state index in [9.17, 15) is 0 Å². The van der Waals surface area contributed by atoms with E-state index in [1.54, 1.807) is 0 Å². The molecule has 0 aromatic heterocycles. The number of nitrogens with one attached hydrogen (secondary N) is 1. The molecule has 0 heterocycles.